The number of amides is 3. The number of rotatable bonds is 8. The molecule has 10 heteroatoms. The van der Waals surface area contributed by atoms with E-state index in [-0.39, 0.29) is 29.0 Å². The molecule has 0 spiro atoms. The molecule has 0 atom stereocenters. The number of carbonyl (C=O) groups is 3. The summed E-state index contributed by atoms with van der Waals surface area (Å²) in [7, 11) is 1.46. The normalized spacial score (nSPS) is 14.2. The van der Waals surface area contributed by atoms with Crippen molar-refractivity contribution in [3.05, 3.63) is 92.6 Å². The molecule has 0 unspecified atom stereocenters. The van der Waals surface area contributed by atoms with E-state index in [0.29, 0.717) is 22.6 Å². The van der Waals surface area contributed by atoms with Crippen LogP contribution in [0.25, 0.3) is 6.08 Å². The summed E-state index contributed by atoms with van der Waals surface area (Å²) in [5, 5.41) is 2.52. The fourth-order valence-corrected chi connectivity index (χ4v) is 4.78. The van der Waals surface area contributed by atoms with Crippen LogP contribution in [0.3, 0.4) is 0 Å². The molecule has 0 aliphatic carbocycles. The van der Waals surface area contributed by atoms with Crippen LogP contribution in [0.4, 0.5) is 14.9 Å². The highest BCUT2D eigenvalue weighted by atomic mass is 35.5. The molecule has 1 fully saturated rings. The SMILES string of the molecule is COc1cc(/C=C2\SC(=O)N(Cc3ccc(F)cc3Cl)C2=O)ccc1OCC(=O)Nc1cccc(C)c1C. The molecule has 0 bridgehead atoms. The van der Waals surface area contributed by atoms with E-state index in [1.54, 1.807) is 24.3 Å². The van der Waals surface area contributed by atoms with E-state index in [1.807, 2.05) is 32.0 Å². The number of hydrogen-bond acceptors (Lipinski definition) is 6. The summed E-state index contributed by atoms with van der Waals surface area (Å²) >= 11 is 6.85. The number of anilines is 1. The number of hydrogen-bond donors (Lipinski definition) is 1. The molecule has 1 aliphatic heterocycles. The molecule has 3 amide bonds. The summed E-state index contributed by atoms with van der Waals surface area (Å²) in [6, 6.07) is 14.4. The third-order valence-corrected chi connectivity index (χ3v) is 7.20. The van der Waals surface area contributed by atoms with Crippen molar-refractivity contribution in [3.63, 3.8) is 0 Å². The fourth-order valence-electron chi connectivity index (χ4n) is 3.72. The lowest BCUT2D eigenvalue weighted by Crippen LogP contribution is -2.27. The number of imide groups is 1. The number of benzene rings is 3. The zero-order valence-electron chi connectivity index (χ0n) is 20.8. The van der Waals surface area contributed by atoms with Gasteiger partial charge in [0.05, 0.1) is 18.6 Å². The van der Waals surface area contributed by atoms with Gasteiger partial charge in [0, 0.05) is 10.7 Å². The van der Waals surface area contributed by atoms with Gasteiger partial charge in [-0.1, -0.05) is 35.9 Å². The van der Waals surface area contributed by atoms with Crippen molar-refractivity contribution in [2.45, 2.75) is 20.4 Å². The Balaban J connectivity index is 1.43. The summed E-state index contributed by atoms with van der Waals surface area (Å²) in [5.74, 6) is -0.603. The first kappa shape index (κ1) is 27.2. The van der Waals surface area contributed by atoms with Crippen LogP contribution in [0.1, 0.15) is 22.3 Å². The number of ether oxygens (including phenoxy) is 2. The fraction of sp³-hybridized carbons (Fsp3) is 0.179. The zero-order chi connectivity index (χ0) is 27.4. The summed E-state index contributed by atoms with van der Waals surface area (Å²) in [6.45, 7) is 3.60. The molecule has 3 aromatic carbocycles. The first-order valence-electron chi connectivity index (χ1n) is 11.5. The molecule has 0 radical (unpaired) electrons. The Hall–Kier alpha value is -3.82. The average Bonchev–Trinajstić information content (AvgIpc) is 3.14. The first-order valence-corrected chi connectivity index (χ1v) is 12.7. The highest BCUT2D eigenvalue weighted by molar-refractivity contribution is 8.18. The third-order valence-electron chi connectivity index (χ3n) is 5.94. The molecular weight excluding hydrogens is 531 g/mol. The van der Waals surface area contributed by atoms with Crippen LogP contribution in [0.5, 0.6) is 11.5 Å². The van der Waals surface area contributed by atoms with E-state index in [9.17, 15) is 18.8 Å². The van der Waals surface area contributed by atoms with Crippen molar-refractivity contribution < 1.29 is 28.2 Å². The van der Waals surface area contributed by atoms with Crippen LogP contribution in [-0.2, 0) is 16.1 Å². The van der Waals surface area contributed by atoms with Gasteiger partial charge in [-0.15, -0.1) is 0 Å². The lowest BCUT2D eigenvalue weighted by atomic mass is 10.1. The van der Waals surface area contributed by atoms with Crippen LogP contribution in [-0.4, -0.2) is 35.7 Å². The van der Waals surface area contributed by atoms with Crippen molar-refractivity contribution in [2.24, 2.45) is 0 Å². The Labute approximate surface area is 228 Å². The molecule has 0 saturated carbocycles. The van der Waals surface area contributed by atoms with Gasteiger partial charge in [-0.25, -0.2) is 4.39 Å². The Bertz CT molecular complexity index is 1460. The highest BCUT2D eigenvalue weighted by Gasteiger charge is 2.35. The monoisotopic (exact) mass is 554 g/mol. The average molecular weight is 555 g/mol. The van der Waals surface area contributed by atoms with Gasteiger partial charge in [0.15, 0.2) is 18.1 Å². The minimum absolute atomic E-state index is 0.0681. The standard InChI is InChI=1S/C28H24ClFN2O5S/c1-16-5-4-6-22(17(16)2)31-26(33)15-37-23-10-7-18(11-24(23)36-3)12-25-27(34)32(28(35)38-25)14-19-8-9-20(30)13-21(19)29/h4-13H,14-15H2,1-3H3,(H,31,33)/b25-12-. The van der Waals surface area contributed by atoms with Crippen molar-refractivity contribution in [3.8, 4) is 11.5 Å². The maximum absolute atomic E-state index is 13.3. The van der Waals surface area contributed by atoms with Crippen molar-refractivity contribution in [1.29, 1.82) is 0 Å². The molecule has 3 aromatic rings. The molecular formula is C28H24ClFN2O5S. The third kappa shape index (κ3) is 6.17. The maximum atomic E-state index is 13.3. The van der Waals surface area contributed by atoms with E-state index >= 15 is 0 Å². The van der Waals surface area contributed by atoms with Crippen LogP contribution < -0.4 is 14.8 Å². The second-order valence-corrected chi connectivity index (χ2v) is 9.90. The Morgan fingerprint density at radius 2 is 1.89 bits per heavy atom. The Kier molecular flexibility index (Phi) is 8.38. The highest BCUT2D eigenvalue weighted by Crippen LogP contribution is 2.36. The zero-order valence-corrected chi connectivity index (χ0v) is 22.4. The molecule has 7 nitrogen and oxygen atoms in total. The van der Waals surface area contributed by atoms with Crippen molar-refractivity contribution in [2.75, 3.05) is 19.0 Å². The summed E-state index contributed by atoms with van der Waals surface area (Å²) in [5.41, 5.74) is 3.82. The van der Waals surface area contributed by atoms with E-state index in [1.165, 1.54) is 19.2 Å². The van der Waals surface area contributed by atoms with Crippen molar-refractivity contribution in [1.82, 2.24) is 4.90 Å². The van der Waals surface area contributed by atoms with Gasteiger partial charge in [-0.05, 0) is 84.3 Å². The lowest BCUT2D eigenvalue weighted by molar-refractivity contribution is -0.123. The van der Waals surface area contributed by atoms with E-state index < -0.39 is 17.0 Å². The molecule has 1 aliphatic rings. The molecule has 1 N–H and O–H groups in total. The molecule has 0 aromatic heterocycles. The van der Waals surface area contributed by atoms with Gasteiger partial charge in [-0.3, -0.25) is 19.3 Å². The quantitative estimate of drug-likeness (QED) is 0.326. The van der Waals surface area contributed by atoms with Crippen LogP contribution in [0.15, 0.2) is 59.5 Å². The number of nitrogens with one attached hydrogen (secondary N) is 1. The summed E-state index contributed by atoms with van der Waals surface area (Å²) < 4.78 is 24.4. The largest absolute Gasteiger partial charge is 0.493 e. The van der Waals surface area contributed by atoms with Crippen LogP contribution in [0, 0.1) is 19.7 Å². The number of thioether (sulfide) groups is 1. The Morgan fingerprint density at radius 1 is 1.11 bits per heavy atom. The van der Waals surface area contributed by atoms with Crippen LogP contribution >= 0.6 is 23.4 Å². The Morgan fingerprint density at radius 3 is 2.63 bits per heavy atom. The predicted octanol–water partition coefficient (Wildman–Crippen LogP) is 6.36. The van der Waals surface area contributed by atoms with Crippen LogP contribution in [0.2, 0.25) is 5.02 Å². The van der Waals surface area contributed by atoms with E-state index in [4.69, 9.17) is 21.1 Å². The van der Waals surface area contributed by atoms with E-state index in [2.05, 4.69) is 5.32 Å². The predicted molar refractivity (Wildman–Crippen MR) is 146 cm³/mol. The molecule has 196 valence electrons. The smallest absolute Gasteiger partial charge is 0.293 e. The second-order valence-electron chi connectivity index (χ2n) is 8.50. The van der Waals surface area contributed by atoms with Gasteiger partial charge >= 0.3 is 0 Å². The first-order chi connectivity index (χ1) is 18.2. The minimum atomic E-state index is -0.504. The topological polar surface area (TPSA) is 84.9 Å². The van der Waals surface area contributed by atoms with Gasteiger partial charge in [0.1, 0.15) is 5.82 Å². The van der Waals surface area contributed by atoms with E-state index in [0.717, 1.165) is 39.5 Å². The van der Waals surface area contributed by atoms with Crippen molar-refractivity contribution >= 4 is 52.2 Å². The summed E-state index contributed by atoms with van der Waals surface area (Å²) in [6.07, 6.45) is 1.57. The minimum Gasteiger partial charge on any atom is -0.493 e. The molecule has 4 rings (SSSR count). The molecule has 1 heterocycles. The van der Waals surface area contributed by atoms with Gasteiger partial charge < -0.3 is 14.8 Å². The number of nitrogens with zero attached hydrogens (tertiary/aromatic N) is 1. The number of aryl methyl sites for hydroxylation is 1. The maximum Gasteiger partial charge on any atom is 0.293 e. The van der Waals surface area contributed by atoms with Gasteiger partial charge in [-0.2, -0.15) is 0 Å². The molecule has 1 saturated heterocycles. The number of halogens is 2. The number of carbonyl (C=O) groups excluding carboxylic acids is 3. The second kappa shape index (κ2) is 11.7. The van der Waals surface area contributed by atoms with Gasteiger partial charge in [0.2, 0.25) is 0 Å². The molecule has 38 heavy (non-hydrogen) atoms. The summed E-state index contributed by atoms with van der Waals surface area (Å²) in [4.78, 5) is 39.1. The number of methoxy groups -OCH3 is 1. The lowest BCUT2D eigenvalue weighted by Gasteiger charge is -2.14. The van der Waals surface area contributed by atoms with Gasteiger partial charge in [0.25, 0.3) is 17.1 Å².